The van der Waals surface area contributed by atoms with Gasteiger partial charge in [-0.1, -0.05) is 18.2 Å². The maximum atomic E-state index is 13.0. The fourth-order valence-electron chi connectivity index (χ4n) is 3.61. The average molecular weight is 450 g/mol. The Labute approximate surface area is 189 Å². The summed E-state index contributed by atoms with van der Waals surface area (Å²) in [5, 5.41) is 0.457. The van der Waals surface area contributed by atoms with Gasteiger partial charge in [0, 0.05) is 19.2 Å². The van der Waals surface area contributed by atoms with Gasteiger partial charge in [0.15, 0.2) is 4.77 Å². The normalized spacial score (nSPS) is 10.9. The molecule has 0 aliphatic heterocycles. The number of fused-ring (bicyclic) bond motifs is 1. The van der Waals surface area contributed by atoms with Crippen molar-refractivity contribution >= 4 is 29.0 Å². The van der Waals surface area contributed by atoms with Crippen molar-refractivity contribution < 1.29 is 13.9 Å². The van der Waals surface area contributed by atoms with Gasteiger partial charge in [-0.2, -0.15) is 0 Å². The van der Waals surface area contributed by atoms with E-state index < -0.39 is 0 Å². The lowest BCUT2D eigenvalue weighted by Crippen LogP contribution is -2.29. The molecule has 7 nitrogen and oxygen atoms in total. The van der Waals surface area contributed by atoms with Crippen molar-refractivity contribution in [3.05, 3.63) is 92.9 Å². The third kappa shape index (κ3) is 4.36. The van der Waals surface area contributed by atoms with Gasteiger partial charge < -0.3 is 19.0 Å². The first kappa shape index (κ1) is 21.6. The van der Waals surface area contributed by atoms with Gasteiger partial charge in [0.2, 0.25) is 0 Å². The molecular formula is C24H23N3O4S. The summed E-state index contributed by atoms with van der Waals surface area (Å²) < 4.78 is 12.4. The van der Waals surface area contributed by atoms with Crippen LogP contribution in [0.5, 0.6) is 5.75 Å². The number of carbonyl (C=O) groups excluding carboxylic acids is 1. The molecule has 0 aliphatic carbocycles. The third-order valence-corrected chi connectivity index (χ3v) is 5.70. The number of likely N-dealkylation sites (N-methyl/N-ethyl adjacent to an activating group) is 1. The first-order valence-electron chi connectivity index (χ1n) is 10.1. The minimum atomic E-state index is -0.233. The van der Waals surface area contributed by atoms with Crippen LogP contribution in [-0.2, 0) is 13.0 Å². The van der Waals surface area contributed by atoms with Crippen LogP contribution in [0.15, 0.2) is 70.1 Å². The Morgan fingerprint density at radius 2 is 2.00 bits per heavy atom. The molecular weight excluding hydrogens is 426 g/mol. The maximum absolute atomic E-state index is 13.0. The van der Waals surface area contributed by atoms with E-state index in [0.29, 0.717) is 35.2 Å². The summed E-state index contributed by atoms with van der Waals surface area (Å²) in [7, 11) is 3.39. The van der Waals surface area contributed by atoms with Crippen LogP contribution in [0.4, 0.5) is 0 Å². The topological polar surface area (TPSA) is 80.5 Å². The van der Waals surface area contributed by atoms with Crippen molar-refractivity contribution in [3.8, 4) is 5.75 Å². The van der Waals surface area contributed by atoms with Crippen LogP contribution in [0.1, 0.15) is 21.7 Å². The lowest BCUT2D eigenvalue weighted by atomic mass is 10.1. The molecule has 2 aromatic heterocycles. The molecule has 0 spiro atoms. The Hall–Kier alpha value is -3.65. The maximum Gasteiger partial charge on any atom is 0.262 e. The van der Waals surface area contributed by atoms with Crippen LogP contribution >= 0.6 is 12.2 Å². The summed E-state index contributed by atoms with van der Waals surface area (Å²) >= 11 is 5.38. The van der Waals surface area contributed by atoms with Crippen LogP contribution in [0.3, 0.4) is 0 Å². The van der Waals surface area contributed by atoms with Crippen LogP contribution in [0, 0.1) is 4.77 Å². The monoisotopic (exact) mass is 449 g/mol. The van der Waals surface area contributed by atoms with Crippen LogP contribution in [0.2, 0.25) is 0 Å². The number of furan rings is 1. The molecule has 1 amide bonds. The lowest BCUT2D eigenvalue weighted by Gasteiger charge is -2.18. The molecule has 4 aromatic rings. The number of aromatic nitrogens is 2. The number of rotatable bonds is 7. The SMILES string of the molecule is COc1ccccc1CCN(C)C(=O)c1ccc2c(=O)n(Cc3ccco3)c(=S)[nH]c2c1. The van der Waals surface area contributed by atoms with Gasteiger partial charge in [-0.3, -0.25) is 14.2 Å². The van der Waals surface area contributed by atoms with Crippen LogP contribution in [0.25, 0.3) is 10.9 Å². The minimum Gasteiger partial charge on any atom is -0.496 e. The zero-order valence-electron chi connectivity index (χ0n) is 17.8. The number of para-hydroxylation sites is 1. The van der Waals surface area contributed by atoms with Gasteiger partial charge in [0.25, 0.3) is 11.5 Å². The van der Waals surface area contributed by atoms with Crippen molar-refractivity contribution in [1.82, 2.24) is 14.5 Å². The second-order valence-corrected chi connectivity index (χ2v) is 7.84. The fraction of sp³-hybridized carbons (Fsp3) is 0.208. The average Bonchev–Trinajstić information content (AvgIpc) is 3.32. The number of nitrogens with zero attached hydrogens (tertiary/aromatic N) is 2. The Balaban J connectivity index is 1.56. The largest absolute Gasteiger partial charge is 0.496 e. The number of hydrogen-bond acceptors (Lipinski definition) is 5. The van der Waals surface area contributed by atoms with Crippen molar-refractivity contribution in [3.63, 3.8) is 0 Å². The number of carbonyl (C=O) groups is 1. The molecule has 0 bridgehead atoms. The van der Waals surface area contributed by atoms with E-state index in [2.05, 4.69) is 4.98 Å². The number of benzene rings is 2. The van der Waals surface area contributed by atoms with Gasteiger partial charge in [-0.15, -0.1) is 0 Å². The Morgan fingerprint density at radius 1 is 1.19 bits per heavy atom. The first-order chi connectivity index (χ1) is 15.5. The summed E-state index contributed by atoms with van der Waals surface area (Å²) in [5.74, 6) is 1.30. The molecule has 0 saturated heterocycles. The van der Waals surface area contributed by atoms with Gasteiger partial charge in [-0.05, 0) is 60.6 Å². The van der Waals surface area contributed by atoms with Crippen molar-refractivity contribution in [2.75, 3.05) is 20.7 Å². The molecule has 0 unspecified atom stereocenters. The van der Waals surface area contributed by atoms with Gasteiger partial charge >= 0.3 is 0 Å². The van der Waals surface area contributed by atoms with E-state index >= 15 is 0 Å². The summed E-state index contributed by atoms with van der Waals surface area (Å²) in [4.78, 5) is 30.6. The molecule has 4 rings (SSSR count). The minimum absolute atomic E-state index is 0.138. The molecule has 0 saturated carbocycles. The van der Waals surface area contributed by atoms with E-state index in [1.165, 1.54) is 4.57 Å². The highest BCUT2D eigenvalue weighted by Gasteiger charge is 2.15. The second kappa shape index (κ2) is 9.23. The van der Waals surface area contributed by atoms with Gasteiger partial charge in [-0.25, -0.2) is 0 Å². The number of amides is 1. The highest BCUT2D eigenvalue weighted by Crippen LogP contribution is 2.19. The van der Waals surface area contributed by atoms with Crippen molar-refractivity contribution in [2.45, 2.75) is 13.0 Å². The Bertz CT molecular complexity index is 1370. The number of nitrogens with one attached hydrogen (secondary N) is 1. The van der Waals surface area contributed by atoms with Gasteiger partial charge in [0.05, 0.1) is 30.8 Å². The van der Waals surface area contributed by atoms with E-state index in [9.17, 15) is 9.59 Å². The summed E-state index contributed by atoms with van der Waals surface area (Å²) in [6, 6.07) is 16.3. The molecule has 0 atom stereocenters. The molecule has 2 heterocycles. The van der Waals surface area contributed by atoms with Crippen molar-refractivity contribution in [1.29, 1.82) is 0 Å². The third-order valence-electron chi connectivity index (χ3n) is 5.38. The fourth-order valence-corrected chi connectivity index (χ4v) is 3.87. The number of aromatic amines is 1. The molecule has 0 aliphatic rings. The number of methoxy groups -OCH3 is 1. The lowest BCUT2D eigenvalue weighted by molar-refractivity contribution is 0.0796. The summed E-state index contributed by atoms with van der Waals surface area (Å²) in [5.41, 5.74) is 1.81. The highest BCUT2D eigenvalue weighted by atomic mass is 32.1. The predicted octanol–water partition coefficient (Wildman–Crippen LogP) is 4.02. The zero-order chi connectivity index (χ0) is 22.7. The first-order valence-corrected chi connectivity index (χ1v) is 10.6. The van der Waals surface area contributed by atoms with Crippen LogP contribution < -0.4 is 10.3 Å². The molecule has 164 valence electrons. The van der Waals surface area contributed by atoms with E-state index in [1.807, 2.05) is 24.3 Å². The van der Waals surface area contributed by atoms with Gasteiger partial charge in [0.1, 0.15) is 11.5 Å². The zero-order valence-corrected chi connectivity index (χ0v) is 18.6. The molecule has 8 heteroatoms. The Morgan fingerprint density at radius 3 is 2.75 bits per heavy atom. The van der Waals surface area contributed by atoms with E-state index in [1.54, 1.807) is 55.7 Å². The number of ether oxygens (including phenoxy) is 1. The summed E-state index contributed by atoms with van der Waals surface area (Å²) in [6.07, 6.45) is 2.22. The molecule has 32 heavy (non-hydrogen) atoms. The molecule has 2 aromatic carbocycles. The second-order valence-electron chi connectivity index (χ2n) is 7.45. The van der Waals surface area contributed by atoms with E-state index in [0.717, 1.165) is 11.3 Å². The quantitative estimate of drug-likeness (QED) is 0.431. The molecule has 1 N–H and O–H groups in total. The highest BCUT2D eigenvalue weighted by molar-refractivity contribution is 7.71. The molecule has 0 radical (unpaired) electrons. The summed E-state index contributed by atoms with van der Waals surface area (Å²) in [6.45, 7) is 0.765. The van der Waals surface area contributed by atoms with Crippen LogP contribution in [-0.4, -0.2) is 41.1 Å². The van der Waals surface area contributed by atoms with Crippen molar-refractivity contribution in [2.24, 2.45) is 0 Å². The number of H-pyrrole nitrogens is 1. The van der Waals surface area contributed by atoms with E-state index in [-0.39, 0.29) is 22.8 Å². The number of hydrogen-bond donors (Lipinski definition) is 1. The molecule has 0 fully saturated rings. The smallest absolute Gasteiger partial charge is 0.262 e. The predicted molar refractivity (Wildman–Crippen MR) is 125 cm³/mol. The standard InChI is InChI=1S/C24H23N3O4S/c1-26(12-11-16-6-3-4-8-21(16)30-2)22(28)17-9-10-19-20(14-17)25-24(32)27(23(19)29)15-18-7-5-13-31-18/h3-10,13-14H,11-12,15H2,1-2H3,(H,25,32). The Kier molecular flexibility index (Phi) is 6.23. The van der Waals surface area contributed by atoms with E-state index in [4.69, 9.17) is 21.4 Å².